The van der Waals surface area contributed by atoms with E-state index in [9.17, 15) is 19.6 Å². The van der Waals surface area contributed by atoms with Gasteiger partial charge in [0.1, 0.15) is 17.4 Å². The van der Waals surface area contributed by atoms with E-state index in [4.69, 9.17) is 14.2 Å². The standard InChI is InChI=1S/C29H26BrN3O7/c1-4-39-25-15-18(13-20(16-31)28(35)32-21-11-9-19(10-12-21)29(36)38-3)14-22(30)27(25)40-17-26(34)33-23-7-5-6-8-24(23)37-2/h5-15H,4,17H2,1-3H3,(H,32,35)(H,33,34)/b20-13-. The number of para-hydroxylation sites is 2. The van der Waals surface area contributed by atoms with Gasteiger partial charge in [0.2, 0.25) is 0 Å². The molecule has 0 aliphatic heterocycles. The highest BCUT2D eigenvalue weighted by molar-refractivity contribution is 9.10. The number of hydrogen-bond acceptors (Lipinski definition) is 8. The third kappa shape index (κ3) is 7.85. The molecule has 3 aromatic carbocycles. The zero-order chi connectivity index (χ0) is 29.1. The summed E-state index contributed by atoms with van der Waals surface area (Å²) in [5.74, 6) is -0.455. The Bertz CT molecular complexity index is 1460. The molecule has 0 atom stereocenters. The fraction of sp³-hybridized carbons (Fsp3) is 0.172. The van der Waals surface area contributed by atoms with Crippen LogP contribution in [0.15, 0.2) is 70.7 Å². The number of anilines is 2. The first-order valence-corrected chi connectivity index (χ1v) is 12.7. The van der Waals surface area contributed by atoms with Crippen molar-refractivity contribution in [2.45, 2.75) is 6.92 Å². The second kappa shape index (κ2) is 14.4. The SMILES string of the molecule is CCOc1cc(/C=C(/C#N)C(=O)Nc2ccc(C(=O)OC)cc2)cc(Br)c1OCC(=O)Nc1ccccc1OC. The number of carbonyl (C=O) groups is 3. The number of halogens is 1. The van der Waals surface area contributed by atoms with Crippen LogP contribution in [0.5, 0.6) is 17.2 Å². The van der Waals surface area contributed by atoms with Gasteiger partial charge in [-0.25, -0.2) is 4.79 Å². The summed E-state index contributed by atoms with van der Waals surface area (Å²) < 4.78 is 21.8. The number of esters is 1. The van der Waals surface area contributed by atoms with Crippen LogP contribution in [0.1, 0.15) is 22.8 Å². The van der Waals surface area contributed by atoms with Crippen LogP contribution >= 0.6 is 15.9 Å². The number of carbonyl (C=O) groups excluding carboxylic acids is 3. The summed E-state index contributed by atoms with van der Waals surface area (Å²) in [4.78, 5) is 36.9. The van der Waals surface area contributed by atoms with Gasteiger partial charge in [-0.3, -0.25) is 9.59 Å². The van der Waals surface area contributed by atoms with Crippen molar-refractivity contribution in [3.63, 3.8) is 0 Å². The van der Waals surface area contributed by atoms with Crippen LogP contribution in [0.2, 0.25) is 0 Å². The van der Waals surface area contributed by atoms with Crippen molar-refractivity contribution in [2.75, 3.05) is 38.1 Å². The monoisotopic (exact) mass is 607 g/mol. The average molecular weight is 608 g/mol. The van der Waals surface area contributed by atoms with Gasteiger partial charge in [0.15, 0.2) is 18.1 Å². The molecular weight excluding hydrogens is 582 g/mol. The van der Waals surface area contributed by atoms with E-state index >= 15 is 0 Å². The van der Waals surface area contributed by atoms with Gasteiger partial charge in [-0.05, 0) is 83.0 Å². The Hall–Kier alpha value is -4.82. The van der Waals surface area contributed by atoms with Crippen LogP contribution in [0, 0.1) is 11.3 Å². The van der Waals surface area contributed by atoms with Gasteiger partial charge < -0.3 is 29.6 Å². The molecule has 0 bridgehead atoms. The van der Waals surface area contributed by atoms with Gasteiger partial charge >= 0.3 is 5.97 Å². The van der Waals surface area contributed by atoms with Gasteiger partial charge in [-0.1, -0.05) is 12.1 Å². The van der Waals surface area contributed by atoms with E-state index in [1.165, 1.54) is 44.6 Å². The zero-order valence-corrected chi connectivity index (χ0v) is 23.5. The van der Waals surface area contributed by atoms with Gasteiger partial charge in [0, 0.05) is 5.69 Å². The number of nitriles is 1. The Kier molecular flexibility index (Phi) is 10.7. The number of rotatable bonds is 11. The summed E-state index contributed by atoms with van der Waals surface area (Å²) >= 11 is 3.43. The van der Waals surface area contributed by atoms with Gasteiger partial charge in [0.05, 0.1) is 36.6 Å². The van der Waals surface area contributed by atoms with E-state index in [2.05, 4.69) is 31.3 Å². The highest BCUT2D eigenvalue weighted by Gasteiger charge is 2.17. The number of nitrogens with one attached hydrogen (secondary N) is 2. The maximum atomic E-state index is 12.7. The van der Waals surface area contributed by atoms with E-state index < -0.39 is 17.8 Å². The number of hydrogen-bond donors (Lipinski definition) is 2. The molecule has 0 unspecified atom stereocenters. The molecule has 0 aliphatic carbocycles. The molecule has 0 saturated carbocycles. The van der Waals surface area contributed by atoms with Crippen molar-refractivity contribution in [3.05, 3.63) is 81.8 Å². The smallest absolute Gasteiger partial charge is 0.337 e. The highest BCUT2D eigenvalue weighted by atomic mass is 79.9. The van der Waals surface area contributed by atoms with Gasteiger partial charge in [-0.2, -0.15) is 5.26 Å². The number of ether oxygens (including phenoxy) is 4. The van der Waals surface area contributed by atoms with E-state index in [1.807, 2.05) is 6.07 Å². The minimum atomic E-state index is -0.643. The minimum absolute atomic E-state index is 0.170. The molecule has 0 aliphatic rings. The van der Waals surface area contributed by atoms with E-state index in [-0.39, 0.29) is 17.9 Å². The van der Waals surface area contributed by atoms with Gasteiger partial charge in [-0.15, -0.1) is 0 Å². The predicted octanol–water partition coefficient (Wildman–Crippen LogP) is 5.21. The summed E-state index contributed by atoms with van der Waals surface area (Å²) in [5, 5.41) is 15.0. The second-order valence-corrected chi connectivity index (χ2v) is 8.85. The number of nitrogens with zero attached hydrogens (tertiary/aromatic N) is 1. The molecule has 0 heterocycles. The molecule has 2 amide bonds. The van der Waals surface area contributed by atoms with E-state index in [1.54, 1.807) is 43.3 Å². The Labute approximate surface area is 239 Å². The van der Waals surface area contributed by atoms with Crippen molar-refractivity contribution in [1.29, 1.82) is 5.26 Å². The fourth-order valence-corrected chi connectivity index (χ4v) is 4.04. The molecule has 0 aromatic heterocycles. The number of amides is 2. The Balaban J connectivity index is 1.75. The third-order valence-electron chi connectivity index (χ3n) is 5.30. The maximum absolute atomic E-state index is 12.7. The first-order valence-electron chi connectivity index (χ1n) is 11.9. The molecule has 10 nitrogen and oxygen atoms in total. The summed E-state index contributed by atoms with van der Waals surface area (Å²) in [6.45, 7) is 1.78. The normalized spacial score (nSPS) is 10.6. The molecule has 3 rings (SSSR count). The first kappa shape index (κ1) is 29.7. The fourth-order valence-electron chi connectivity index (χ4n) is 3.47. The molecule has 0 fully saturated rings. The molecule has 3 aromatic rings. The largest absolute Gasteiger partial charge is 0.495 e. The first-order chi connectivity index (χ1) is 19.3. The topological polar surface area (TPSA) is 136 Å². The summed E-state index contributed by atoms with van der Waals surface area (Å²) in [6, 6.07) is 18.2. The number of methoxy groups -OCH3 is 2. The summed E-state index contributed by atoms with van der Waals surface area (Å²) in [6.07, 6.45) is 1.39. The third-order valence-corrected chi connectivity index (χ3v) is 5.89. The van der Waals surface area contributed by atoms with Crippen LogP contribution in [0.25, 0.3) is 6.08 Å². The van der Waals surface area contributed by atoms with Gasteiger partial charge in [0.25, 0.3) is 11.8 Å². The lowest BCUT2D eigenvalue weighted by atomic mass is 10.1. The maximum Gasteiger partial charge on any atom is 0.337 e. The molecule has 0 spiro atoms. The molecule has 40 heavy (non-hydrogen) atoms. The van der Waals surface area contributed by atoms with Crippen molar-refractivity contribution < 1.29 is 33.3 Å². The lowest BCUT2D eigenvalue weighted by Crippen LogP contribution is -2.21. The molecule has 206 valence electrons. The lowest BCUT2D eigenvalue weighted by molar-refractivity contribution is -0.118. The zero-order valence-electron chi connectivity index (χ0n) is 21.9. The Morgan fingerprint density at radius 1 is 0.975 bits per heavy atom. The lowest BCUT2D eigenvalue weighted by Gasteiger charge is -2.15. The predicted molar refractivity (Wildman–Crippen MR) is 152 cm³/mol. The number of benzene rings is 3. The Morgan fingerprint density at radius 2 is 1.70 bits per heavy atom. The van der Waals surface area contributed by atoms with Crippen molar-refractivity contribution in [2.24, 2.45) is 0 Å². The molecule has 2 N–H and O–H groups in total. The van der Waals surface area contributed by atoms with E-state index in [0.29, 0.717) is 45.1 Å². The molecule has 0 radical (unpaired) electrons. The second-order valence-electron chi connectivity index (χ2n) is 7.99. The van der Waals surface area contributed by atoms with Crippen LogP contribution in [-0.4, -0.2) is 45.2 Å². The summed E-state index contributed by atoms with van der Waals surface area (Å²) in [5.41, 5.74) is 1.53. The summed E-state index contributed by atoms with van der Waals surface area (Å²) in [7, 11) is 2.78. The molecule has 11 heteroatoms. The van der Waals surface area contributed by atoms with Crippen molar-refractivity contribution in [1.82, 2.24) is 0 Å². The van der Waals surface area contributed by atoms with Crippen LogP contribution in [0.3, 0.4) is 0 Å². The average Bonchev–Trinajstić information content (AvgIpc) is 2.95. The molecular formula is C29H26BrN3O7. The van der Waals surface area contributed by atoms with Crippen molar-refractivity contribution in [3.8, 4) is 23.3 Å². The minimum Gasteiger partial charge on any atom is -0.495 e. The molecule has 0 saturated heterocycles. The van der Waals surface area contributed by atoms with Crippen molar-refractivity contribution >= 4 is 51.2 Å². The van der Waals surface area contributed by atoms with E-state index in [0.717, 1.165) is 0 Å². The van der Waals surface area contributed by atoms with Crippen LogP contribution in [-0.2, 0) is 14.3 Å². The van der Waals surface area contributed by atoms with Crippen LogP contribution in [0.4, 0.5) is 11.4 Å². The highest BCUT2D eigenvalue weighted by Crippen LogP contribution is 2.37. The quantitative estimate of drug-likeness (QED) is 0.172. The Morgan fingerprint density at radius 3 is 2.35 bits per heavy atom. The van der Waals surface area contributed by atoms with Crippen LogP contribution < -0.4 is 24.8 Å².